The standard InChI is InChI=1S/C10H17NO3.C7H6/c1-10(2,3)14-9(13)11-5-4-8(6-11)7-12;1-2-6-4-7(3-1)5-6/h7-8H,4-6H2,1-3H3;1-4H,5H2/t8-;/m1./s1. The molecule has 1 atom stereocenters. The maximum atomic E-state index is 11.5. The van der Waals surface area contributed by atoms with Crippen molar-refractivity contribution in [3.8, 4) is 0 Å². The molecule has 4 rings (SSSR count). The molecule has 4 heteroatoms. The fourth-order valence-corrected chi connectivity index (χ4v) is 2.34. The van der Waals surface area contributed by atoms with Gasteiger partial charge in [-0.1, -0.05) is 24.3 Å². The third-order valence-electron chi connectivity index (χ3n) is 3.47. The number of rotatable bonds is 1. The number of carbonyl (C=O) groups is 2. The van der Waals surface area contributed by atoms with Crippen LogP contribution in [0.2, 0.25) is 0 Å². The van der Waals surface area contributed by atoms with Gasteiger partial charge in [0.1, 0.15) is 11.9 Å². The Hall–Kier alpha value is -1.84. The molecule has 1 aromatic carbocycles. The number of ether oxygens (including phenoxy) is 1. The van der Waals surface area contributed by atoms with Crippen LogP contribution in [0.3, 0.4) is 0 Å². The molecular formula is C17H23NO3. The molecule has 1 saturated heterocycles. The van der Waals surface area contributed by atoms with Gasteiger partial charge in [-0.05, 0) is 44.7 Å². The highest BCUT2D eigenvalue weighted by Gasteiger charge is 2.29. The fourth-order valence-electron chi connectivity index (χ4n) is 2.34. The lowest BCUT2D eigenvalue weighted by Gasteiger charge is -2.24. The Morgan fingerprint density at radius 1 is 1.33 bits per heavy atom. The molecule has 3 aliphatic rings. The first kappa shape index (κ1) is 15.5. The second-order valence-electron chi connectivity index (χ2n) is 6.61. The summed E-state index contributed by atoms with van der Waals surface area (Å²) in [6.45, 7) is 6.62. The van der Waals surface area contributed by atoms with Gasteiger partial charge in [-0.25, -0.2) is 4.79 Å². The first-order valence-electron chi connectivity index (χ1n) is 7.38. The van der Waals surface area contributed by atoms with Crippen LogP contribution in [0.25, 0.3) is 0 Å². The van der Waals surface area contributed by atoms with Gasteiger partial charge in [0.25, 0.3) is 0 Å². The number of amides is 1. The summed E-state index contributed by atoms with van der Waals surface area (Å²) in [6, 6.07) is 8.65. The molecule has 2 aliphatic carbocycles. The average molecular weight is 289 g/mol. The van der Waals surface area contributed by atoms with E-state index < -0.39 is 5.60 Å². The van der Waals surface area contributed by atoms with E-state index in [-0.39, 0.29) is 12.0 Å². The molecule has 114 valence electrons. The summed E-state index contributed by atoms with van der Waals surface area (Å²) in [6.07, 6.45) is 2.56. The van der Waals surface area contributed by atoms with Crippen molar-refractivity contribution in [2.24, 2.45) is 5.92 Å². The van der Waals surface area contributed by atoms with Crippen LogP contribution < -0.4 is 0 Å². The zero-order chi connectivity index (χ0) is 15.5. The SMILES string of the molecule is CC(C)(C)OC(=O)N1CC[C@@H](C=O)C1.c1cc2cc(c1)C2. The van der Waals surface area contributed by atoms with E-state index in [9.17, 15) is 9.59 Å². The molecule has 1 aromatic rings. The minimum Gasteiger partial charge on any atom is -0.444 e. The number of hydrogen-bond donors (Lipinski definition) is 0. The molecule has 1 fully saturated rings. The van der Waals surface area contributed by atoms with Gasteiger partial charge in [-0.2, -0.15) is 0 Å². The van der Waals surface area contributed by atoms with Crippen molar-refractivity contribution in [2.75, 3.05) is 13.1 Å². The van der Waals surface area contributed by atoms with Crippen molar-refractivity contribution < 1.29 is 14.3 Å². The van der Waals surface area contributed by atoms with Crippen LogP contribution in [-0.4, -0.2) is 36.0 Å². The largest absolute Gasteiger partial charge is 0.444 e. The van der Waals surface area contributed by atoms with Crippen LogP contribution in [-0.2, 0) is 16.0 Å². The molecule has 4 nitrogen and oxygen atoms in total. The minimum atomic E-state index is -0.462. The Morgan fingerprint density at radius 2 is 1.95 bits per heavy atom. The second kappa shape index (κ2) is 6.29. The topological polar surface area (TPSA) is 46.6 Å². The lowest BCUT2D eigenvalue weighted by atomic mass is 9.94. The van der Waals surface area contributed by atoms with Crippen LogP contribution in [0.5, 0.6) is 0 Å². The Morgan fingerprint density at radius 3 is 2.29 bits per heavy atom. The van der Waals surface area contributed by atoms with Gasteiger partial charge in [-0.15, -0.1) is 0 Å². The normalized spacial score (nSPS) is 19.2. The number of nitrogens with zero attached hydrogens (tertiary/aromatic N) is 1. The van der Waals surface area contributed by atoms with E-state index in [0.717, 1.165) is 12.7 Å². The Kier molecular flexibility index (Phi) is 4.66. The van der Waals surface area contributed by atoms with E-state index in [1.54, 1.807) is 4.90 Å². The predicted molar refractivity (Wildman–Crippen MR) is 81.2 cm³/mol. The van der Waals surface area contributed by atoms with Crippen molar-refractivity contribution in [3.63, 3.8) is 0 Å². The molecule has 0 unspecified atom stereocenters. The van der Waals surface area contributed by atoms with Crippen molar-refractivity contribution in [3.05, 3.63) is 35.4 Å². The Labute approximate surface area is 126 Å². The van der Waals surface area contributed by atoms with Crippen molar-refractivity contribution in [1.29, 1.82) is 0 Å². The lowest BCUT2D eigenvalue weighted by Crippen LogP contribution is -2.35. The number of aldehydes is 1. The summed E-state index contributed by atoms with van der Waals surface area (Å²) in [5.41, 5.74) is 2.51. The van der Waals surface area contributed by atoms with Crippen LogP contribution in [0.1, 0.15) is 38.3 Å². The highest BCUT2D eigenvalue weighted by atomic mass is 16.6. The summed E-state index contributed by atoms with van der Waals surface area (Å²) in [5, 5.41) is 0. The monoisotopic (exact) mass is 289 g/mol. The summed E-state index contributed by atoms with van der Waals surface area (Å²) in [4.78, 5) is 23.6. The second-order valence-corrected chi connectivity index (χ2v) is 6.61. The van der Waals surface area contributed by atoms with Gasteiger partial charge in [0.05, 0.1) is 0 Å². The molecule has 0 N–H and O–H groups in total. The summed E-state index contributed by atoms with van der Waals surface area (Å²) in [7, 11) is 0. The molecule has 1 aliphatic heterocycles. The zero-order valence-electron chi connectivity index (χ0n) is 13.0. The van der Waals surface area contributed by atoms with Gasteiger partial charge >= 0.3 is 6.09 Å². The third kappa shape index (κ3) is 4.59. The van der Waals surface area contributed by atoms with Gasteiger partial charge in [0.15, 0.2) is 0 Å². The van der Waals surface area contributed by atoms with E-state index in [0.29, 0.717) is 13.1 Å². The highest BCUT2D eigenvalue weighted by molar-refractivity contribution is 5.69. The molecule has 0 saturated carbocycles. The smallest absolute Gasteiger partial charge is 0.410 e. The Balaban J connectivity index is 0.000000189. The lowest BCUT2D eigenvalue weighted by molar-refractivity contribution is -0.110. The van der Waals surface area contributed by atoms with Crippen molar-refractivity contribution in [1.82, 2.24) is 4.90 Å². The quantitative estimate of drug-likeness (QED) is 0.758. The maximum absolute atomic E-state index is 11.5. The highest BCUT2D eigenvalue weighted by Crippen LogP contribution is 2.19. The molecule has 21 heavy (non-hydrogen) atoms. The maximum Gasteiger partial charge on any atom is 0.410 e. The van der Waals surface area contributed by atoms with E-state index in [4.69, 9.17) is 4.74 Å². The first-order valence-corrected chi connectivity index (χ1v) is 7.38. The van der Waals surface area contributed by atoms with Crippen molar-refractivity contribution >= 4 is 12.4 Å². The number of hydrogen-bond acceptors (Lipinski definition) is 3. The van der Waals surface area contributed by atoms with E-state index in [1.807, 2.05) is 20.8 Å². The fraction of sp³-hybridized carbons (Fsp3) is 0.529. The van der Waals surface area contributed by atoms with Crippen LogP contribution in [0, 0.1) is 5.92 Å². The third-order valence-corrected chi connectivity index (χ3v) is 3.47. The molecular weight excluding hydrogens is 266 g/mol. The van der Waals surface area contributed by atoms with Gasteiger partial charge in [-0.3, -0.25) is 0 Å². The molecule has 1 amide bonds. The van der Waals surface area contributed by atoms with Crippen LogP contribution >= 0.6 is 0 Å². The summed E-state index contributed by atoms with van der Waals surface area (Å²) >= 11 is 0. The van der Waals surface area contributed by atoms with Gasteiger partial charge < -0.3 is 14.4 Å². The van der Waals surface area contributed by atoms with Gasteiger partial charge in [0.2, 0.25) is 0 Å². The molecule has 0 aromatic heterocycles. The molecule has 1 heterocycles. The number of likely N-dealkylation sites (tertiary alicyclic amines) is 1. The number of benzene rings is 1. The summed E-state index contributed by atoms with van der Waals surface area (Å²) < 4.78 is 5.19. The number of carbonyl (C=O) groups excluding carboxylic acids is 2. The molecule has 0 radical (unpaired) electrons. The average Bonchev–Trinajstić information content (AvgIpc) is 2.86. The molecule has 2 bridgehead atoms. The van der Waals surface area contributed by atoms with Gasteiger partial charge in [0, 0.05) is 19.0 Å². The van der Waals surface area contributed by atoms with Crippen molar-refractivity contribution in [2.45, 2.75) is 39.2 Å². The zero-order valence-corrected chi connectivity index (χ0v) is 13.0. The number of fused-ring (bicyclic) bond motifs is 2. The van der Waals surface area contributed by atoms with Crippen LogP contribution in [0.15, 0.2) is 24.3 Å². The minimum absolute atomic E-state index is 0.0116. The van der Waals surface area contributed by atoms with E-state index in [1.165, 1.54) is 17.5 Å². The predicted octanol–water partition coefficient (Wildman–Crippen LogP) is 3.03. The van der Waals surface area contributed by atoms with E-state index in [2.05, 4.69) is 24.3 Å². The van der Waals surface area contributed by atoms with Crippen LogP contribution in [0.4, 0.5) is 4.79 Å². The first-order chi connectivity index (χ1) is 9.87. The van der Waals surface area contributed by atoms with E-state index >= 15 is 0 Å². The molecule has 0 spiro atoms. The Bertz CT molecular complexity index is 494. The summed E-state index contributed by atoms with van der Waals surface area (Å²) in [5.74, 6) is -0.0116.